The zero-order chi connectivity index (χ0) is 15.6. The summed E-state index contributed by atoms with van der Waals surface area (Å²) in [7, 11) is 0. The number of aromatic amines is 1. The van der Waals surface area contributed by atoms with E-state index in [4.69, 9.17) is 0 Å². The van der Waals surface area contributed by atoms with Crippen LogP contribution in [0.2, 0.25) is 0 Å². The van der Waals surface area contributed by atoms with Gasteiger partial charge in [0.05, 0.1) is 17.6 Å². The molecule has 0 aliphatic rings. The number of pyridine rings is 1. The molecular weight excluding hydrogens is 286 g/mol. The summed E-state index contributed by atoms with van der Waals surface area (Å²) in [5.41, 5.74) is 3.71. The molecule has 2 aromatic carbocycles. The maximum atomic E-state index is 12.4. The van der Waals surface area contributed by atoms with Crippen LogP contribution >= 0.6 is 0 Å². The van der Waals surface area contributed by atoms with Crippen LogP contribution < -0.4 is 5.32 Å². The van der Waals surface area contributed by atoms with Gasteiger partial charge in [0.1, 0.15) is 0 Å². The Labute approximate surface area is 133 Å². The van der Waals surface area contributed by atoms with Crippen LogP contribution in [0.4, 0.5) is 5.69 Å². The molecule has 0 atom stereocenters. The van der Waals surface area contributed by atoms with Gasteiger partial charge in [-0.1, -0.05) is 24.3 Å². The number of nitrogens with one attached hydrogen (secondary N) is 2. The Hall–Kier alpha value is -3.14. The van der Waals surface area contributed by atoms with Crippen molar-refractivity contribution in [3.8, 4) is 0 Å². The highest BCUT2D eigenvalue weighted by molar-refractivity contribution is 6.02. The molecule has 0 saturated heterocycles. The smallest absolute Gasteiger partial charge is 0.228 e. The van der Waals surface area contributed by atoms with Crippen LogP contribution in [-0.2, 0) is 11.2 Å². The van der Waals surface area contributed by atoms with Gasteiger partial charge in [0, 0.05) is 28.7 Å². The van der Waals surface area contributed by atoms with Crippen LogP contribution in [0, 0.1) is 0 Å². The van der Waals surface area contributed by atoms with Crippen molar-refractivity contribution in [2.45, 2.75) is 6.42 Å². The molecule has 0 spiro atoms. The number of hydrogen-bond donors (Lipinski definition) is 2. The number of carbonyl (C=O) groups is 1. The summed E-state index contributed by atoms with van der Waals surface area (Å²) in [6.07, 6.45) is 3.98. The van der Waals surface area contributed by atoms with E-state index in [-0.39, 0.29) is 5.91 Å². The van der Waals surface area contributed by atoms with Crippen LogP contribution in [0.5, 0.6) is 0 Å². The van der Waals surface area contributed by atoms with Gasteiger partial charge >= 0.3 is 0 Å². The Morgan fingerprint density at radius 1 is 1.00 bits per heavy atom. The molecule has 4 nitrogen and oxygen atoms in total. The first-order valence-electron chi connectivity index (χ1n) is 7.50. The molecule has 0 saturated carbocycles. The Balaban J connectivity index is 1.60. The molecule has 0 bridgehead atoms. The average Bonchev–Trinajstić information content (AvgIpc) is 2.98. The monoisotopic (exact) mass is 301 g/mol. The zero-order valence-corrected chi connectivity index (χ0v) is 12.4. The molecule has 2 heterocycles. The highest BCUT2D eigenvalue weighted by atomic mass is 16.1. The van der Waals surface area contributed by atoms with Gasteiger partial charge in [-0.2, -0.15) is 0 Å². The Morgan fingerprint density at radius 2 is 1.87 bits per heavy atom. The number of hydrogen-bond acceptors (Lipinski definition) is 2. The van der Waals surface area contributed by atoms with Crippen LogP contribution in [0.1, 0.15) is 5.56 Å². The topological polar surface area (TPSA) is 57.8 Å². The lowest BCUT2D eigenvalue weighted by Gasteiger charge is -2.08. The van der Waals surface area contributed by atoms with E-state index in [9.17, 15) is 4.79 Å². The molecule has 0 aliphatic heterocycles. The first-order valence-corrected chi connectivity index (χ1v) is 7.50. The summed E-state index contributed by atoms with van der Waals surface area (Å²) in [6, 6.07) is 17.6. The number of aromatic nitrogens is 2. The minimum absolute atomic E-state index is 0.0360. The van der Waals surface area contributed by atoms with E-state index >= 15 is 0 Å². The van der Waals surface area contributed by atoms with Gasteiger partial charge < -0.3 is 10.3 Å². The normalized spacial score (nSPS) is 11.0. The lowest BCUT2D eigenvalue weighted by Crippen LogP contribution is -2.14. The minimum atomic E-state index is -0.0360. The summed E-state index contributed by atoms with van der Waals surface area (Å²) >= 11 is 0. The number of fused-ring (bicyclic) bond motifs is 2. The molecule has 23 heavy (non-hydrogen) atoms. The van der Waals surface area contributed by atoms with Crippen molar-refractivity contribution < 1.29 is 4.79 Å². The van der Waals surface area contributed by atoms with Crippen LogP contribution in [0.15, 0.2) is 67.0 Å². The maximum Gasteiger partial charge on any atom is 0.228 e. The van der Waals surface area contributed by atoms with E-state index in [2.05, 4.69) is 15.3 Å². The summed E-state index contributed by atoms with van der Waals surface area (Å²) in [5.74, 6) is -0.0360. The molecule has 112 valence electrons. The third kappa shape index (κ3) is 2.55. The van der Waals surface area contributed by atoms with Gasteiger partial charge in [0.25, 0.3) is 0 Å². The van der Waals surface area contributed by atoms with Gasteiger partial charge in [-0.15, -0.1) is 0 Å². The fraction of sp³-hybridized carbons (Fsp3) is 0.0526. The number of para-hydroxylation sites is 1. The SMILES string of the molecule is O=C(Cc1c[nH]c2ccccc12)Nc1cccc2ncccc12. The highest BCUT2D eigenvalue weighted by Gasteiger charge is 2.10. The molecule has 4 rings (SSSR count). The molecule has 4 heteroatoms. The van der Waals surface area contributed by atoms with Crippen LogP contribution in [0.3, 0.4) is 0 Å². The van der Waals surface area contributed by atoms with Crippen LogP contribution in [0.25, 0.3) is 21.8 Å². The Kier molecular flexibility index (Phi) is 3.27. The highest BCUT2D eigenvalue weighted by Crippen LogP contribution is 2.22. The van der Waals surface area contributed by atoms with Gasteiger partial charge in [0.15, 0.2) is 0 Å². The third-order valence-corrected chi connectivity index (χ3v) is 3.95. The second-order valence-corrected chi connectivity index (χ2v) is 5.46. The molecule has 0 unspecified atom stereocenters. The van der Waals surface area contributed by atoms with Gasteiger partial charge in [-0.25, -0.2) is 0 Å². The standard InChI is InChI=1S/C19H15N3O/c23-19(11-13-12-21-16-7-2-1-5-14(13)16)22-18-9-3-8-17-15(18)6-4-10-20-17/h1-10,12,21H,11H2,(H,22,23). The summed E-state index contributed by atoms with van der Waals surface area (Å²) < 4.78 is 0. The number of amides is 1. The fourth-order valence-electron chi connectivity index (χ4n) is 2.86. The second-order valence-electron chi connectivity index (χ2n) is 5.46. The van der Waals surface area contributed by atoms with Gasteiger partial charge in [0.2, 0.25) is 5.91 Å². The molecule has 0 radical (unpaired) electrons. The molecule has 0 aliphatic carbocycles. The van der Waals surface area contributed by atoms with Gasteiger partial charge in [-0.05, 0) is 35.9 Å². The lowest BCUT2D eigenvalue weighted by molar-refractivity contribution is -0.115. The fourth-order valence-corrected chi connectivity index (χ4v) is 2.86. The molecule has 0 fully saturated rings. The van der Waals surface area contributed by atoms with Gasteiger partial charge in [-0.3, -0.25) is 9.78 Å². The van der Waals surface area contributed by atoms with Crippen molar-refractivity contribution in [2.24, 2.45) is 0 Å². The number of nitrogens with zero attached hydrogens (tertiary/aromatic N) is 1. The van der Waals surface area contributed by atoms with E-state index < -0.39 is 0 Å². The summed E-state index contributed by atoms with van der Waals surface area (Å²) in [5, 5.41) is 5.03. The first-order chi connectivity index (χ1) is 11.3. The Morgan fingerprint density at radius 3 is 2.83 bits per heavy atom. The van der Waals surface area contributed by atoms with Crippen LogP contribution in [-0.4, -0.2) is 15.9 Å². The average molecular weight is 301 g/mol. The number of H-pyrrole nitrogens is 1. The molecule has 2 aromatic heterocycles. The predicted octanol–water partition coefficient (Wildman–Crippen LogP) is 3.90. The maximum absolute atomic E-state index is 12.4. The second kappa shape index (κ2) is 5.57. The lowest BCUT2D eigenvalue weighted by atomic mass is 10.1. The molecular formula is C19H15N3O. The van der Waals surface area contributed by atoms with E-state index in [0.717, 1.165) is 33.1 Å². The van der Waals surface area contributed by atoms with Crippen molar-refractivity contribution in [1.29, 1.82) is 0 Å². The Bertz CT molecular complexity index is 998. The summed E-state index contributed by atoms with van der Waals surface area (Å²) in [6.45, 7) is 0. The van der Waals surface area contributed by atoms with E-state index in [1.54, 1.807) is 6.20 Å². The molecule has 2 N–H and O–H groups in total. The number of benzene rings is 2. The largest absolute Gasteiger partial charge is 0.361 e. The summed E-state index contributed by atoms with van der Waals surface area (Å²) in [4.78, 5) is 19.9. The zero-order valence-electron chi connectivity index (χ0n) is 12.4. The predicted molar refractivity (Wildman–Crippen MR) is 92.4 cm³/mol. The van der Waals surface area contributed by atoms with Crippen molar-refractivity contribution in [2.75, 3.05) is 5.32 Å². The van der Waals surface area contributed by atoms with E-state index in [1.807, 2.05) is 60.8 Å². The van der Waals surface area contributed by atoms with Crippen molar-refractivity contribution in [3.63, 3.8) is 0 Å². The van der Waals surface area contributed by atoms with E-state index in [1.165, 1.54) is 0 Å². The quantitative estimate of drug-likeness (QED) is 0.603. The molecule has 4 aromatic rings. The van der Waals surface area contributed by atoms with Crippen molar-refractivity contribution in [1.82, 2.24) is 9.97 Å². The molecule has 1 amide bonds. The third-order valence-electron chi connectivity index (χ3n) is 3.95. The number of anilines is 1. The van der Waals surface area contributed by atoms with E-state index in [0.29, 0.717) is 6.42 Å². The minimum Gasteiger partial charge on any atom is -0.361 e. The van der Waals surface area contributed by atoms with Crippen molar-refractivity contribution in [3.05, 3.63) is 72.6 Å². The number of carbonyl (C=O) groups excluding carboxylic acids is 1. The number of rotatable bonds is 3. The van der Waals surface area contributed by atoms with Crippen molar-refractivity contribution >= 4 is 33.4 Å². The first kappa shape index (κ1) is 13.5.